The van der Waals surface area contributed by atoms with Gasteiger partial charge in [-0.1, -0.05) is 65.2 Å². The zero-order valence-electron chi connectivity index (χ0n) is 23.6. The Morgan fingerprint density at radius 1 is 1.09 bits per heavy atom. The predicted molar refractivity (Wildman–Crippen MR) is 142 cm³/mol. The first kappa shape index (κ1) is 26.0. The average molecular weight is 469 g/mol. The summed E-state index contributed by atoms with van der Waals surface area (Å²) < 4.78 is 5.86. The van der Waals surface area contributed by atoms with Crippen molar-refractivity contribution < 1.29 is 9.53 Å². The molecule has 0 saturated heterocycles. The predicted octanol–water partition coefficient (Wildman–Crippen LogP) is 8.91. The van der Waals surface area contributed by atoms with Crippen LogP contribution in [0.25, 0.3) is 0 Å². The van der Waals surface area contributed by atoms with Crippen LogP contribution in [0.2, 0.25) is 0 Å². The van der Waals surface area contributed by atoms with Gasteiger partial charge in [-0.05, 0) is 105 Å². The van der Waals surface area contributed by atoms with Crippen LogP contribution in [0.4, 0.5) is 0 Å². The molecule has 0 amide bonds. The largest absolute Gasteiger partial charge is 0.462 e. The van der Waals surface area contributed by atoms with Crippen LogP contribution in [0, 0.1) is 45.3 Å². The molecule has 3 fully saturated rings. The van der Waals surface area contributed by atoms with Gasteiger partial charge in [0.15, 0.2) is 0 Å². The van der Waals surface area contributed by atoms with Gasteiger partial charge < -0.3 is 4.74 Å². The van der Waals surface area contributed by atoms with Crippen LogP contribution < -0.4 is 0 Å². The van der Waals surface area contributed by atoms with E-state index in [1.54, 1.807) is 6.92 Å². The summed E-state index contributed by atoms with van der Waals surface area (Å²) in [6.45, 7) is 23.0. The van der Waals surface area contributed by atoms with Crippen LogP contribution in [0.15, 0.2) is 23.8 Å². The Labute approximate surface area is 210 Å². The molecule has 0 aliphatic heterocycles. The Balaban J connectivity index is 1.60. The fourth-order valence-electron chi connectivity index (χ4n) is 9.98. The van der Waals surface area contributed by atoms with Crippen molar-refractivity contribution in [2.24, 2.45) is 45.3 Å². The van der Waals surface area contributed by atoms with Crippen LogP contribution in [0.5, 0.6) is 0 Å². The maximum absolute atomic E-state index is 11.8. The monoisotopic (exact) mass is 468 g/mol. The molecule has 2 heteroatoms. The van der Waals surface area contributed by atoms with Crippen molar-refractivity contribution in [2.45, 2.75) is 126 Å². The lowest BCUT2D eigenvalue weighted by Crippen LogP contribution is -2.58. The van der Waals surface area contributed by atoms with Crippen molar-refractivity contribution in [3.63, 3.8) is 0 Å². The zero-order valence-corrected chi connectivity index (χ0v) is 23.6. The second kappa shape index (κ2) is 8.81. The van der Waals surface area contributed by atoms with Gasteiger partial charge >= 0.3 is 5.97 Å². The zero-order chi connectivity index (χ0) is 25.1. The number of ether oxygens (including phenoxy) is 1. The van der Waals surface area contributed by atoms with E-state index in [4.69, 9.17) is 4.74 Å². The third kappa shape index (κ3) is 3.85. The molecular weight excluding hydrogens is 416 g/mol. The summed E-state index contributed by atoms with van der Waals surface area (Å²) in [6, 6.07) is 0. The first-order valence-electron chi connectivity index (χ1n) is 14.3. The van der Waals surface area contributed by atoms with Crippen molar-refractivity contribution in [2.75, 3.05) is 0 Å². The van der Waals surface area contributed by atoms with Gasteiger partial charge in [-0.2, -0.15) is 0 Å². The van der Waals surface area contributed by atoms with E-state index in [-0.39, 0.29) is 17.5 Å². The minimum absolute atomic E-state index is 0.0262. The van der Waals surface area contributed by atoms with E-state index in [9.17, 15) is 4.79 Å². The third-order valence-corrected chi connectivity index (χ3v) is 12.1. The molecule has 4 rings (SSSR count). The molecule has 3 saturated carbocycles. The minimum Gasteiger partial charge on any atom is -0.462 e. The Kier molecular flexibility index (Phi) is 6.74. The SMILES string of the molecule is C=C(C)CCC[C@@H](C)[C@H]1CC[C@@]2(C)C3=CC[C@H]4C(C)(C)[C@@H](OC(C)=O)CC[C@]4(C)[C@H]3CC[C@]12C. The van der Waals surface area contributed by atoms with Gasteiger partial charge in [-0.25, -0.2) is 0 Å². The van der Waals surface area contributed by atoms with E-state index < -0.39 is 0 Å². The number of carbonyl (C=O) groups excluding carboxylic acids is 1. The standard InChI is InChI=1S/C32H52O2/c1-21(2)11-10-12-22(3)24-15-19-32(9)26-13-14-27-29(5,6)28(34-23(4)33)17-18-30(27,7)25(26)16-20-31(24,32)8/h13,22,24-25,27-28H,1,10-12,14-20H2,2-9H3/t22-,24-,25+,27+,28+,30-,31-,32+/m1/s1. The summed E-state index contributed by atoms with van der Waals surface area (Å²) in [5, 5.41) is 0. The number of esters is 1. The highest BCUT2D eigenvalue weighted by Crippen LogP contribution is 2.73. The van der Waals surface area contributed by atoms with Crippen LogP contribution in [0.3, 0.4) is 0 Å². The maximum atomic E-state index is 11.8. The van der Waals surface area contributed by atoms with Crippen LogP contribution in [-0.4, -0.2) is 12.1 Å². The molecule has 8 atom stereocenters. The highest BCUT2D eigenvalue weighted by atomic mass is 16.5. The molecule has 4 aliphatic rings. The van der Waals surface area contributed by atoms with Gasteiger partial charge in [0.05, 0.1) is 0 Å². The maximum Gasteiger partial charge on any atom is 0.302 e. The molecule has 0 spiro atoms. The van der Waals surface area contributed by atoms with Crippen LogP contribution >= 0.6 is 0 Å². The summed E-state index contributed by atoms with van der Waals surface area (Å²) in [5.41, 5.74) is 4.26. The topological polar surface area (TPSA) is 26.3 Å². The molecule has 0 N–H and O–H groups in total. The summed E-state index contributed by atoms with van der Waals surface area (Å²) >= 11 is 0. The second-order valence-corrected chi connectivity index (χ2v) is 14.2. The van der Waals surface area contributed by atoms with Crippen molar-refractivity contribution in [1.29, 1.82) is 0 Å². The van der Waals surface area contributed by atoms with E-state index in [2.05, 4.69) is 61.1 Å². The molecule has 34 heavy (non-hydrogen) atoms. The van der Waals surface area contributed by atoms with Gasteiger partial charge in [0, 0.05) is 12.3 Å². The summed E-state index contributed by atoms with van der Waals surface area (Å²) in [4.78, 5) is 11.8. The Hall–Kier alpha value is -1.05. The molecule has 0 bridgehead atoms. The smallest absolute Gasteiger partial charge is 0.302 e. The van der Waals surface area contributed by atoms with Crippen molar-refractivity contribution in [3.05, 3.63) is 23.8 Å². The molecular formula is C32H52O2. The fraction of sp³-hybridized carbons (Fsp3) is 0.844. The average Bonchev–Trinajstić information content (AvgIpc) is 3.01. The van der Waals surface area contributed by atoms with Crippen molar-refractivity contribution in [3.8, 4) is 0 Å². The Bertz CT molecular complexity index is 851. The van der Waals surface area contributed by atoms with E-state index >= 15 is 0 Å². The highest BCUT2D eigenvalue weighted by molar-refractivity contribution is 5.66. The van der Waals surface area contributed by atoms with E-state index in [0.717, 1.165) is 24.7 Å². The number of allylic oxidation sites excluding steroid dienone is 3. The van der Waals surface area contributed by atoms with E-state index in [1.165, 1.54) is 56.9 Å². The van der Waals surface area contributed by atoms with E-state index in [0.29, 0.717) is 28.1 Å². The third-order valence-electron chi connectivity index (χ3n) is 12.1. The number of hydrogen-bond acceptors (Lipinski definition) is 2. The van der Waals surface area contributed by atoms with Gasteiger partial charge in [0.25, 0.3) is 0 Å². The molecule has 4 aliphatic carbocycles. The lowest BCUT2D eigenvalue weighted by atomic mass is 9.41. The first-order chi connectivity index (χ1) is 15.8. The number of rotatable bonds is 6. The van der Waals surface area contributed by atoms with E-state index in [1.807, 2.05) is 5.57 Å². The number of hydrogen-bond donors (Lipinski definition) is 0. The summed E-state index contributed by atoms with van der Waals surface area (Å²) in [6.07, 6.45) is 15.4. The lowest BCUT2D eigenvalue weighted by Gasteiger charge is -2.64. The lowest BCUT2D eigenvalue weighted by molar-refractivity contribution is -0.174. The minimum atomic E-state index is -0.121. The second-order valence-electron chi connectivity index (χ2n) is 14.2. The molecule has 0 aromatic heterocycles. The van der Waals surface area contributed by atoms with Gasteiger partial charge in [0.2, 0.25) is 0 Å². The molecule has 0 aromatic carbocycles. The van der Waals surface area contributed by atoms with Crippen LogP contribution in [-0.2, 0) is 9.53 Å². The molecule has 2 nitrogen and oxygen atoms in total. The molecule has 0 aromatic rings. The summed E-state index contributed by atoms with van der Waals surface area (Å²) in [7, 11) is 0. The normalized spacial score (nSPS) is 43.7. The Morgan fingerprint density at radius 3 is 2.44 bits per heavy atom. The molecule has 192 valence electrons. The van der Waals surface area contributed by atoms with Crippen LogP contribution in [0.1, 0.15) is 120 Å². The Morgan fingerprint density at radius 2 is 1.79 bits per heavy atom. The quantitative estimate of drug-likeness (QED) is 0.287. The van der Waals surface area contributed by atoms with Crippen molar-refractivity contribution >= 4 is 5.97 Å². The molecule has 0 heterocycles. The number of carbonyl (C=O) groups is 1. The molecule has 0 radical (unpaired) electrons. The van der Waals surface area contributed by atoms with Gasteiger partial charge in [-0.15, -0.1) is 6.58 Å². The fourth-order valence-corrected chi connectivity index (χ4v) is 9.98. The molecule has 0 unspecified atom stereocenters. The highest BCUT2D eigenvalue weighted by Gasteiger charge is 2.65. The van der Waals surface area contributed by atoms with Gasteiger partial charge in [-0.3, -0.25) is 4.79 Å². The van der Waals surface area contributed by atoms with Crippen molar-refractivity contribution in [1.82, 2.24) is 0 Å². The number of fused-ring (bicyclic) bond motifs is 5. The first-order valence-corrected chi connectivity index (χ1v) is 14.3. The summed E-state index contributed by atoms with van der Waals surface area (Å²) in [5.74, 6) is 2.79. The van der Waals surface area contributed by atoms with Gasteiger partial charge in [0.1, 0.15) is 6.10 Å².